The Balaban J connectivity index is 1.33. The van der Waals surface area contributed by atoms with E-state index in [0.717, 1.165) is 23.0 Å². The molecule has 3 aromatic rings. The Morgan fingerprint density at radius 2 is 2.03 bits per heavy atom. The fraction of sp³-hybridized carbons (Fsp3) is 0.360. The van der Waals surface area contributed by atoms with Gasteiger partial charge < -0.3 is 24.8 Å². The number of hydrogen-bond acceptors (Lipinski definition) is 6. The number of nitrogens with zero attached hydrogens (tertiary/aromatic N) is 2. The molecule has 34 heavy (non-hydrogen) atoms. The molecule has 2 N–H and O–H groups in total. The third-order valence-electron chi connectivity index (χ3n) is 6.35. The molecule has 1 aromatic heterocycles. The first kappa shape index (κ1) is 22.4. The summed E-state index contributed by atoms with van der Waals surface area (Å²) in [7, 11) is 1.66. The molecule has 2 aliphatic rings. The van der Waals surface area contributed by atoms with Gasteiger partial charge in [0.15, 0.2) is 11.5 Å². The molecule has 0 saturated carbocycles. The van der Waals surface area contributed by atoms with E-state index in [1.165, 1.54) is 6.07 Å². The molecule has 0 bridgehead atoms. The normalized spacial score (nSPS) is 19.5. The number of anilines is 1. The van der Waals surface area contributed by atoms with Crippen LogP contribution in [0.1, 0.15) is 17.2 Å². The van der Waals surface area contributed by atoms with Crippen LogP contribution in [-0.4, -0.2) is 62.1 Å². The van der Waals surface area contributed by atoms with Gasteiger partial charge in [-0.05, 0) is 36.8 Å². The number of carbonyl (C=O) groups excluding carboxylic acids is 1. The maximum absolute atomic E-state index is 13.9. The maximum atomic E-state index is 13.9. The average molecular weight is 467 g/mol. The third kappa shape index (κ3) is 4.62. The highest BCUT2D eigenvalue weighted by Gasteiger charge is 2.35. The number of methoxy groups -OCH3 is 1. The summed E-state index contributed by atoms with van der Waals surface area (Å²) in [4.78, 5) is 19.8. The molecule has 9 heteroatoms. The number of amides is 2. The molecule has 0 aliphatic carbocycles. The van der Waals surface area contributed by atoms with Crippen LogP contribution in [0.5, 0.6) is 11.5 Å². The first-order chi connectivity index (χ1) is 16.5. The van der Waals surface area contributed by atoms with Crippen LogP contribution < -0.4 is 20.1 Å². The van der Waals surface area contributed by atoms with Crippen molar-refractivity contribution in [3.63, 3.8) is 0 Å². The molecule has 2 atom stereocenters. The SMILES string of the molecule is COCCN1C[C@@H](NC(=O)Nc2cc3cc4c(cc3nc2C)OCO4)[C@H](c2cccc(F)c2)C1. The number of aryl methyl sites for hydroxylation is 1. The van der Waals surface area contributed by atoms with E-state index >= 15 is 0 Å². The van der Waals surface area contributed by atoms with Gasteiger partial charge in [-0.2, -0.15) is 0 Å². The second-order valence-electron chi connectivity index (χ2n) is 8.64. The van der Waals surface area contributed by atoms with Crippen LogP contribution in [0.4, 0.5) is 14.9 Å². The molecule has 1 saturated heterocycles. The fourth-order valence-electron chi connectivity index (χ4n) is 4.62. The zero-order valence-electron chi connectivity index (χ0n) is 19.1. The van der Waals surface area contributed by atoms with Crippen LogP contribution in [0, 0.1) is 12.7 Å². The van der Waals surface area contributed by atoms with Crippen molar-refractivity contribution in [2.75, 3.05) is 45.5 Å². The van der Waals surface area contributed by atoms with Crippen molar-refractivity contribution < 1.29 is 23.4 Å². The minimum atomic E-state index is -0.329. The summed E-state index contributed by atoms with van der Waals surface area (Å²) >= 11 is 0. The summed E-state index contributed by atoms with van der Waals surface area (Å²) in [6.45, 7) is 4.73. The Hall–Kier alpha value is -3.43. The van der Waals surface area contributed by atoms with Crippen LogP contribution in [0.2, 0.25) is 0 Å². The lowest BCUT2D eigenvalue weighted by Gasteiger charge is -2.21. The molecule has 5 rings (SSSR count). The molecular weight excluding hydrogens is 439 g/mol. The number of carbonyl (C=O) groups is 1. The Bertz CT molecular complexity index is 1220. The van der Waals surface area contributed by atoms with Crippen molar-refractivity contribution in [2.45, 2.75) is 18.9 Å². The third-order valence-corrected chi connectivity index (χ3v) is 6.35. The van der Waals surface area contributed by atoms with Crippen molar-refractivity contribution in [3.8, 4) is 11.5 Å². The fourth-order valence-corrected chi connectivity index (χ4v) is 4.62. The number of aromatic nitrogens is 1. The molecule has 0 spiro atoms. The van der Waals surface area contributed by atoms with Crippen LogP contribution in [0.15, 0.2) is 42.5 Å². The Morgan fingerprint density at radius 1 is 1.21 bits per heavy atom. The quantitative estimate of drug-likeness (QED) is 0.577. The van der Waals surface area contributed by atoms with E-state index in [2.05, 4.69) is 20.5 Å². The molecule has 0 radical (unpaired) electrons. The predicted octanol–water partition coefficient (Wildman–Crippen LogP) is 3.65. The van der Waals surface area contributed by atoms with Crippen LogP contribution in [-0.2, 0) is 4.74 Å². The number of urea groups is 1. The van der Waals surface area contributed by atoms with Gasteiger partial charge in [0.1, 0.15) is 5.82 Å². The predicted molar refractivity (Wildman–Crippen MR) is 126 cm³/mol. The van der Waals surface area contributed by atoms with E-state index < -0.39 is 0 Å². The summed E-state index contributed by atoms with van der Waals surface area (Å²) in [6.07, 6.45) is 0. The zero-order chi connectivity index (χ0) is 23.7. The molecule has 1 fully saturated rings. The Morgan fingerprint density at radius 3 is 2.82 bits per heavy atom. The summed E-state index contributed by atoms with van der Waals surface area (Å²) < 4.78 is 30.0. The van der Waals surface area contributed by atoms with Crippen molar-refractivity contribution in [1.29, 1.82) is 0 Å². The Labute approximate surface area is 197 Å². The second-order valence-corrected chi connectivity index (χ2v) is 8.64. The van der Waals surface area contributed by atoms with Gasteiger partial charge in [-0.1, -0.05) is 12.1 Å². The molecule has 2 aromatic carbocycles. The Kier molecular flexibility index (Phi) is 6.21. The number of likely N-dealkylation sites (tertiary alicyclic amines) is 1. The standard InChI is InChI=1S/C25H27FN4O4/c1-15-20(9-17-10-23-24(34-14-33-23)11-21(17)27-15)28-25(31)29-22-13-30(6-7-32-2)12-19(22)16-4-3-5-18(26)8-16/h3-5,8-11,19,22H,6-7,12-14H2,1-2H3,(H2,28,29,31)/t19-,22+/m0/s1. The summed E-state index contributed by atoms with van der Waals surface area (Å²) in [5.74, 6) is 1.01. The van der Waals surface area contributed by atoms with E-state index in [0.29, 0.717) is 42.6 Å². The van der Waals surface area contributed by atoms with Gasteiger partial charge in [-0.15, -0.1) is 0 Å². The molecular formula is C25H27FN4O4. The lowest BCUT2D eigenvalue weighted by molar-refractivity contribution is 0.159. The second kappa shape index (κ2) is 9.44. The topological polar surface area (TPSA) is 85.0 Å². The molecule has 8 nitrogen and oxygen atoms in total. The van der Waals surface area contributed by atoms with Gasteiger partial charge in [-0.25, -0.2) is 9.18 Å². The van der Waals surface area contributed by atoms with E-state index in [-0.39, 0.29) is 30.6 Å². The molecule has 0 unspecified atom stereocenters. The molecule has 2 aliphatic heterocycles. The number of pyridine rings is 1. The van der Waals surface area contributed by atoms with Crippen molar-refractivity contribution >= 4 is 22.6 Å². The van der Waals surface area contributed by atoms with E-state index in [4.69, 9.17) is 14.2 Å². The van der Waals surface area contributed by atoms with Gasteiger partial charge in [0.05, 0.1) is 29.5 Å². The minimum absolute atomic E-state index is 0.0335. The van der Waals surface area contributed by atoms with Crippen LogP contribution in [0.3, 0.4) is 0 Å². The lowest BCUT2D eigenvalue weighted by atomic mass is 9.94. The lowest BCUT2D eigenvalue weighted by Crippen LogP contribution is -2.42. The van der Waals surface area contributed by atoms with Crippen LogP contribution >= 0.6 is 0 Å². The first-order valence-corrected chi connectivity index (χ1v) is 11.3. The van der Waals surface area contributed by atoms with Crippen molar-refractivity contribution in [3.05, 3.63) is 59.5 Å². The molecule has 178 valence electrons. The minimum Gasteiger partial charge on any atom is -0.454 e. The highest BCUT2D eigenvalue weighted by Crippen LogP contribution is 2.36. The summed E-state index contributed by atoms with van der Waals surface area (Å²) in [5, 5.41) is 6.87. The largest absolute Gasteiger partial charge is 0.454 e. The number of nitrogens with one attached hydrogen (secondary N) is 2. The van der Waals surface area contributed by atoms with E-state index in [1.54, 1.807) is 19.2 Å². The number of rotatable bonds is 6. The number of hydrogen-bond donors (Lipinski definition) is 2. The number of benzene rings is 2. The van der Waals surface area contributed by atoms with Gasteiger partial charge in [0.2, 0.25) is 6.79 Å². The smallest absolute Gasteiger partial charge is 0.319 e. The maximum Gasteiger partial charge on any atom is 0.319 e. The van der Waals surface area contributed by atoms with E-state index in [9.17, 15) is 9.18 Å². The highest BCUT2D eigenvalue weighted by atomic mass is 19.1. The number of halogens is 1. The average Bonchev–Trinajstić information content (AvgIpc) is 3.43. The highest BCUT2D eigenvalue weighted by molar-refractivity contribution is 5.94. The number of ether oxygens (including phenoxy) is 3. The zero-order valence-corrected chi connectivity index (χ0v) is 19.1. The molecule has 2 amide bonds. The van der Waals surface area contributed by atoms with Crippen LogP contribution in [0.25, 0.3) is 10.9 Å². The first-order valence-electron chi connectivity index (χ1n) is 11.3. The van der Waals surface area contributed by atoms with E-state index in [1.807, 2.05) is 31.2 Å². The monoisotopic (exact) mass is 466 g/mol. The van der Waals surface area contributed by atoms with Gasteiger partial charge >= 0.3 is 6.03 Å². The van der Waals surface area contributed by atoms with Crippen molar-refractivity contribution in [1.82, 2.24) is 15.2 Å². The van der Waals surface area contributed by atoms with Gasteiger partial charge in [0.25, 0.3) is 0 Å². The number of fused-ring (bicyclic) bond motifs is 2. The summed E-state index contributed by atoms with van der Waals surface area (Å²) in [5.41, 5.74) is 2.94. The van der Waals surface area contributed by atoms with Gasteiger partial charge in [0, 0.05) is 44.1 Å². The van der Waals surface area contributed by atoms with Crippen molar-refractivity contribution in [2.24, 2.45) is 0 Å². The molecule has 3 heterocycles. The van der Waals surface area contributed by atoms with Gasteiger partial charge in [-0.3, -0.25) is 9.88 Å². The summed E-state index contributed by atoms with van der Waals surface area (Å²) in [6, 6.07) is 11.6.